The third kappa shape index (κ3) is 2.80. The molecule has 0 radical (unpaired) electrons. The number of hydrogen-bond acceptors (Lipinski definition) is 3. The molecule has 5 heteroatoms. The van der Waals surface area contributed by atoms with Gasteiger partial charge in [-0.2, -0.15) is 0 Å². The molecule has 0 fully saturated rings. The number of halogens is 2. The van der Waals surface area contributed by atoms with Gasteiger partial charge in [0.1, 0.15) is 10.8 Å². The Morgan fingerprint density at radius 1 is 1.31 bits per heavy atom. The maximum Gasteiger partial charge on any atom is 0.349 e. The van der Waals surface area contributed by atoms with Gasteiger partial charge in [-0.05, 0) is 26.0 Å². The monoisotopic (exact) mass is 262 g/mol. The predicted molar refractivity (Wildman–Crippen MR) is 63.2 cm³/mol. The first-order valence-electron chi connectivity index (χ1n) is 4.60. The minimum Gasteiger partial charge on any atom is -0.475 e. The second-order valence-electron chi connectivity index (χ2n) is 3.66. The number of benzene rings is 1. The molecule has 0 amide bonds. The Hall–Kier alpha value is -0.930. The Morgan fingerprint density at radius 3 is 2.50 bits per heavy atom. The molecule has 0 aliphatic carbocycles. The normalized spacial score (nSPS) is 11.1. The minimum atomic E-state index is -1.11. The van der Waals surface area contributed by atoms with Gasteiger partial charge in [0.2, 0.25) is 0 Å². The molecule has 0 saturated carbocycles. The number of rotatable bonds is 3. The van der Waals surface area contributed by atoms with E-state index in [9.17, 15) is 4.79 Å². The third-order valence-electron chi connectivity index (χ3n) is 1.96. The first kappa shape index (κ1) is 13.1. The van der Waals surface area contributed by atoms with Crippen molar-refractivity contribution in [2.24, 2.45) is 0 Å². The van der Waals surface area contributed by atoms with Crippen LogP contribution in [0.5, 0.6) is 5.75 Å². The van der Waals surface area contributed by atoms with Crippen molar-refractivity contribution in [3.8, 4) is 5.75 Å². The smallest absolute Gasteiger partial charge is 0.349 e. The van der Waals surface area contributed by atoms with Gasteiger partial charge in [-0.25, -0.2) is 4.79 Å². The van der Waals surface area contributed by atoms with Gasteiger partial charge in [0.15, 0.2) is 5.60 Å². The summed E-state index contributed by atoms with van der Waals surface area (Å²) in [6.07, 6.45) is 0. The van der Waals surface area contributed by atoms with Gasteiger partial charge in [-0.15, -0.1) is 0 Å². The fourth-order valence-electron chi connectivity index (χ4n) is 1.13. The predicted octanol–water partition coefficient (Wildman–Crippen LogP) is 3.32. The number of carbonyl (C=O) groups is 1. The van der Waals surface area contributed by atoms with E-state index in [1.165, 1.54) is 7.11 Å². The largest absolute Gasteiger partial charge is 0.475 e. The summed E-state index contributed by atoms with van der Waals surface area (Å²) < 4.78 is 10.1. The van der Waals surface area contributed by atoms with E-state index in [-0.39, 0.29) is 5.02 Å². The first-order valence-corrected chi connectivity index (χ1v) is 5.35. The van der Waals surface area contributed by atoms with E-state index in [0.717, 1.165) is 0 Å². The van der Waals surface area contributed by atoms with Gasteiger partial charge in [0.05, 0.1) is 12.1 Å². The van der Waals surface area contributed by atoms with Gasteiger partial charge in [0, 0.05) is 0 Å². The summed E-state index contributed by atoms with van der Waals surface area (Å²) in [6, 6.07) is 4.97. The van der Waals surface area contributed by atoms with E-state index in [2.05, 4.69) is 4.74 Å². The van der Waals surface area contributed by atoms with E-state index in [1.807, 2.05) is 0 Å². The van der Waals surface area contributed by atoms with Gasteiger partial charge in [0.25, 0.3) is 0 Å². The molecule has 0 spiro atoms. The molecule has 0 bridgehead atoms. The van der Waals surface area contributed by atoms with Crippen molar-refractivity contribution >= 4 is 29.2 Å². The zero-order valence-corrected chi connectivity index (χ0v) is 10.7. The van der Waals surface area contributed by atoms with E-state index < -0.39 is 11.6 Å². The standard InChI is InChI=1S/C11H12Cl2O3/c1-11(2,10(14)15-3)16-8-6-4-5-7(12)9(8)13/h4-6H,1-3H3. The molecule has 1 aromatic rings. The van der Waals surface area contributed by atoms with Crippen molar-refractivity contribution in [2.45, 2.75) is 19.4 Å². The third-order valence-corrected chi connectivity index (χ3v) is 2.76. The average Bonchev–Trinajstić information content (AvgIpc) is 2.23. The fraction of sp³-hybridized carbons (Fsp3) is 0.364. The van der Waals surface area contributed by atoms with Crippen LogP contribution in [0.1, 0.15) is 13.8 Å². The highest BCUT2D eigenvalue weighted by atomic mass is 35.5. The van der Waals surface area contributed by atoms with Crippen molar-refractivity contribution in [3.63, 3.8) is 0 Å². The van der Waals surface area contributed by atoms with Crippen LogP contribution in [0.2, 0.25) is 10.0 Å². The van der Waals surface area contributed by atoms with Crippen LogP contribution in [0.4, 0.5) is 0 Å². The van der Waals surface area contributed by atoms with Crippen molar-refractivity contribution in [2.75, 3.05) is 7.11 Å². The zero-order chi connectivity index (χ0) is 12.3. The Kier molecular flexibility index (Phi) is 4.05. The summed E-state index contributed by atoms with van der Waals surface area (Å²) >= 11 is 11.8. The molecule has 3 nitrogen and oxygen atoms in total. The maximum absolute atomic E-state index is 11.4. The average molecular weight is 263 g/mol. The van der Waals surface area contributed by atoms with Crippen LogP contribution in [0.15, 0.2) is 18.2 Å². The van der Waals surface area contributed by atoms with Crippen molar-refractivity contribution in [1.82, 2.24) is 0 Å². The van der Waals surface area contributed by atoms with Crippen LogP contribution < -0.4 is 4.74 Å². The minimum absolute atomic E-state index is 0.279. The molecule has 1 aromatic carbocycles. The second kappa shape index (κ2) is 4.93. The number of hydrogen-bond donors (Lipinski definition) is 0. The number of carbonyl (C=O) groups excluding carboxylic acids is 1. The molecule has 16 heavy (non-hydrogen) atoms. The van der Waals surface area contributed by atoms with Gasteiger partial charge in [-0.3, -0.25) is 0 Å². The molecular formula is C11H12Cl2O3. The Bertz CT molecular complexity index is 402. The van der Waals surface area contributed by atoms with E-state index in [4.69, 9.17) is 27.9 Å². The van der Waals surface area contributed by atoms with Crippen molar-refractivity contribution in [3.05, 3.63) is 28.2 Å². The summed E-state index contributed by atoms with van der Waals surface area (Å²) in [5.41, 5.74) is -1.11. The van der Waals surface area contributed by atoms with Crippen LogP contribution in [-0.4, -0.2) is 18.7 Å². The lowest BCUT2D eigenvalue weighted by atomic mass is 10.1. The second-order valence-corrected chi connectivity index (χ2v) is 4.44. The van der Waals surface area contributed by atoms with Crippen LogP contribution in [0, 0.1) is 0 Å². The lowest BCUT2D eigenvalue weighted by Crippen LogP contribution is -2.39. The molecular weight excluding hydrogens is 251 g/mol. The number of esters is 1. The summed E-state index contributed by atoms with van der Waals surface area (Å²) in [6.45, 7) is 3.19. The molecule has 0 aliphatic heterocycles. The van der Waals surface area contributed by atoms with Crippen LogP contribution in [-0.2, 0) is 9.53 Å². The Labute approximate surface area is 104 Å². The highest BCUT2D eigenvalue weighted by molar-refractivity contribution is 6.42. The Morgan fingerprint density at radius 2 is 1.94 bits per heavy atom. The fourth-order valence-corrected chi connectivity index (χ4v) is 1.46. The zero-order valence-electron chi connectivity index (χ0n) is 9.21. The summed E-state index contributed by atoms with van der Waals surface area (Å²) in [5.74, 6) is -0.131. The van der Waals surface area contributed by atoms with Gasteiger partial charge >= 0.3 is 5.97 Å². The molecule has 88 valence electrons. The molecule has 0 atom stereocenters. The molecule has 0 unspecified atom stereocenters. The van der Waals surface area contributed by atoms with E-state index in [0.29, 0.717) is 10.8 Å². The van der Waals surface area contributed by atoms with Gasteiger partial charge < -0.3 is 9.47 Å². The maximum atomic E-state index is 11.4. The molecule has 0 saturated heterocycles. The summed E-state index contributed by atoms with van der Waals surface area (Å²) in [4.78, 5) is 11.4. The highest BCUT2D eigenvalue weighted by Gasteiger charge is 2.31. The summed E-state index contributed by atoms with van der Waals surface area (Å²) in [7, 11) is 1.30. The van der Waals surface area contributed by atoms with Crippen LogP contribution in [0.25, 0.3) is 0 Å². The molecule has 0 aromatic heterocycles. The lowest BCUT2D eigenvalue weighted by Gasteiger charge is -2.24. The van der Waals surface area contributed by atoms with Crippen LogP contribution >= 0.6 is 23.2 Å². The van der Waals surface area contributed by atoms with Crippen LogP contribution in [0.3, 0.4) is 0 Å². The molecule has 0 heterocycles. The molecule has 0 aliphatic rings. The summed E-state index contributed by atoms with van der Waals surface area (Å²) in [5, 5.41) is 0.654. The molecule has 1 rings (SSSR count). The number of ether oxygens (including phenoxy) is 2. The lowest BCUT2D eigenvalue weighted by molar-refractivity contribution is -0.156. The first-order chi connectivity index (χ1) is 7.38. The van der Waals surface area contributed by atoms with Crippen molar-refractivity contribution < 1.29 is 14.3 Å². The van der Waals surface area contributed by atoms with E-state index >= 15 is 0 Å². The number of methoxy groups -OCH3 is 1. The highest BCUT2D eigenvalue weighted by Crippen LogP contribution is 2.33. The van der Waals surface area contributed by atoms with Gasteiger partial charge in [-0.1, -0.05) is 29.3 Å². The quantitative estimate of drug-likeness (QED) is 0.784. The van der Waals surface area contributed by atoms with Crippen molar-refractivity contribution in [1.29, 1.82) is 0 Å². The van der Waals surface area contributed by atoms with E-state index in [1.54, 1.807) is 32.0 Å². The molecule has 0 N–H and O–H groups in total. The Balaban J connectivity index is 2.96. The topological polar surface area (TPSA) is 35.5 Å². The SMILES string of the molecule is COC(=O)C(C)(C)Oc1cccc(Cl)c1Cl.